The summed E-state index contributed by atoms with van der Waals surface area (Å²) in [7, 11) is 0. The van der Waals surface area contributed by atoms with Crippen LogP contribution in [0.25, 0.3) is 0 Å². The summed E-state index contributed by atoms with van der Waals surface area (Å²) in [4.78, 5) is 12.2. The number of aromatic nitrogens is 3. The van der Waals surface area contributed by atoms with Gasteiger partial charge in [0.25, 0.3) is 0 Å². The molecule has 1 heterocycles. The van der Waals surface area contributed by atoms with Crippen LogP contribution in [0.1, 0.15) is 0 Å². The molecule has 0 saturated carbocycles. The zero-order valence-electron chi connectivity index (χ0n) is 3.38. The molecular formula is C3H2N3O. The summed E-state index contributed by atoms with van der Waals surface area (Å²) < 4.78 is 0. The van der Waals surface area contributed by atoms with E-state index in [2.05, 4.69) is 21.4 Å². The van der Waals surface area contributed by atoms with E-state index in [0.29, 0.717) is 0 Å². The van der Waals surface area contributed by atoms with Crippen LogP contribution >= 0.6 is 0 Å². The number of rotatable bonds is 0. The lowest BCUT2D eigenvalue weighted by Gasteiger charge is -1.70. The maximum absolute atomic E-state index is 10.0. The van der Waals surface area contributed by atoms with Gasteiger partial charge < -0.3 is 4.98 Å². The summed E-state index contributed by atoms with van der Waals surface area (Å²) in [5, 5.41) is 6.32. The van der Waals surface area contributed by atoms with Gasteiger partial charge in [0.1, 0.15) is 0 Å². The first kappa shape index (κ1) is 3.98. The van der Waals surface area contributed by atoms with E-state index in [1.807, 2.05) is 0 Å². The van der Waals surface area contributed by atoms with Crippen molar-refractivity contribution in [3.8, 4) is 0 Å². The molecule has 4 heteroatoms. The Bertz CT molecular complexity index is 176. The van der Waals surface area contributed by atoms with Crippen molar-refractivity contribution < 1.29 is 0 Å². The molecule has 1 aromatic heterocycles. The molecule has 0 amide bonds. The summed E-state index contributed by atoms with van der Waals surface area (Å²) >= 11 is 0. The molecule has 7 heavy (non-hydrogen) atoms. The van der Waals surface area contributed by atoms with Gasteiger partial charge in [-0.15, -0.1) is 0 Å². The van der Waals surface area contributed by atoms with E-state index in [1.54, 1.807) is 0 Å². The third-order valence-electron chi connectivity index (χ3n) is 0.450. The van der Waals surface area contributed by atoms with E-state index in [0.717, 1.165) is 0 Å². The molecule has 1 radical (unpaired) electrons. The van der Waals surface area contributed by atoms with E-state index in [4.69, 9.17) is 0 Å². The van der Waals surface area contributed by atoms with E-state index in [1.165, 1.54) is 6.20 Å². The van der Waals surface area contributed by atoms with Crippen molar-refractivity contribution in [2.24, 2.45) is 0 Å². The minimum Gasteiger partial charge on any atom is -0.301 e. The van der Waals surface area contributed by atoms with Gasteiger partial charge in [0.2, 0.25) is 0 Å². The monoisotopic (exact) mass is 96.0 g/mol. The molecule has 0 atom stereocenters. The van der Waals surface area contributed by atoms with E-state index in [-0.39, 0.29) is 0 Å². The average molecular weight is 96.1 g/mol. The molecule has 4 nitrogen and oxygen atoms in total. The lowest BCUT2D eigenvalue weighted by Crippen LogP contribution is -2.09. The van der Waals surface area contributed by atoms with Crippen LogP contribution in [0.4, 0.5) is 0 Å². The number of hydrogen-bond donors (Lipinski definition) is 1. The third kappa shape index (κ3) is 0.819. The van der Waals surface area contributed by atoms with Gasteiger partial charge in [0, 0.05) is 0 Å². The molecule has 0 aliphatic heterocycles. The van der Waals surface area contributed by atoms with Crippen molar-refractivity contribution in [1.82, 2.24) is 15.2 Å². The second kappa shape index (κ2) is 1.51. The molecule has 0 aromatic carbocycles. The van der Waals surface area contributed by atoms with Gasteiger partial charge in [-0.3, -0.25) is 0 Å². The smallest absolute Gasteiger partial charge is 0.301 e. The highest BCUT2D eigenvalue weighted by Crippen LogP contribution is 1.50. The average Bonchev–Trinajstić information content (AvgIpc) is 1.69. The van der Waals surface area contributed by atoms with Gasteiger partial charge in [-0.05, 0) is 0 Å². The Balaban J connectivity index is 3.28. The fraction of sp³-hybridized carbons (Fsp3) is 0. The third-order valence-corrected chi connectivity index (χ3v) is 0.450. The molecule has 0 saturated heterocycles. The molecule has 0 spiro atoms. The highest BCUT2D eigenvalue weighted by molar-refractivity contribution is 4.57. The number of aromatic amines is 1. The van der Waals surface area contributed by atoms with Crippen LogP contribution < -0.4 is 5.69 Å². The fourth-order valence-electron chi connectivity index (χ4n) is 0.229. The van der Waals surface area contributed by atoms with Gasteiger partial charge in [0.05, 0.1) is 12.4 Å². The normalized spacial score (nSPS) is 8.57. The van der Waals surface area contributed by atoms with Gasteiger partial charge in [-0.2, -0.15) is 5.10 Å². The van der Waals surface area contributed by atoms with Crippen LogP contribution in [0, 0.1) is 6.20 Å². The van der Waals surface area contributed by atoms with Crippen LogP contribution in [-0.4, -0.2) is 15.2 Å². The number of nitrogens with zero attached hydrogens (tertiary/aromatic N) is 2. The van der Waals surface area contributed by atoms with Crippen LogP contribution in [0.3, 0.4) is 0 Å². The van der Waals surface area contributed by atoms with Gasteiger partial charge >= 0.3 is 5.69 Å². The van der Waals surface area contributed by atoms with Crippen molar-refractivity contribution >= 4 is 0 Å². The first-order valence-electron chi connectivity index (χ1n) is 1.67. The molecule has 1 aromatic rings. The predicted molar refractivity (Wildman–Crippen MR) is 21.5 cm³/mol. The summed E-state index contributed by atoms with van der Waals surface area (Å²) in [5.41, 5.74) is -0.470. The second-order valence-electron chi connectivity index (χ2n) is 0.919. The van der Waals surface area contributed by atoms with Crippen molar-refractivity contribution in [2.75, 3.05) is 0 Å². The zero-order valence-corrected chi connectivity index (χ0v) is 3.38. The standard InChI is InChI=1S/C3H2N3O/c7-3-4-1-2-5-6-3/h2H,(H,4,6,7). The lowest BCUT2D eigenvalue weighted by atomic mass is 10.9. The Hall–Kier alpha value is -1.19. The summed E-state index contributed by atoms with van der Waals surface area (Å²) in [6, 6.07) is 0. The van der Waals surface area contributed by atoms with Crippen molar-refractivity contribution in [3.05, 3.63) is 22.9 Å². The highest BCUT2D eigenvalue weighted by Gasteiger charge is 1.73. The molecular weight excluding hydrogens is 94.1 g/mol. The fourth-order valence-corrected chi connectivity index (χ4v) is 0.229. The quantitative estimate of drug-likeness (QED) is 0.449. The van der Waals surface area contributed by atoms with E-state index < -0.39 is 5.69 Å². The van der Waals surface area contributed by atoms with Gasteiger partial charge in [-0.1, -0.05) is 5.10 Å². The molecule has 0 bridgehead atoms. The summed E-state index contributed by atoms with van der Waals surface area (Å²) in [6.07, 6.45) is 3.63. The zero-order chi connectivity index (χ0) is 5.11. The molecule has 0 aliphatic rings. The predicted octanol–water partition coefficient (Wildman–Crippen LogP) is -1.03. The number of H-pyrrole nitrogens is 1. The maximum atomic E-state index is 10.0. The Kier molecular flexibility index (Phi) is 0.856. The highest BCUT2D eigenvalue weighted by atomic mass is 16.1. The molecule has 1 rings (SSSR count). The Morgan fingerprint density at radius 1 is 1.86 bits per heavy atom. The van der Waals surface area contributed by atoms with Crippen molar-refractivity contribution in [3.63, 3.8) is 0 Å². The SMILES string of the molecule is O=c1nnc[c][nH]1. The number of hydrogen-bond acceptors (Lipinski definition) is 3. The lowest BCUT2D eigenvalue weighted by molar-refractivity contribution is 0.909. The molecule has 35 valence electrons. The van der Waals surface area contributed by atoms with Crippen molar-refractivity contribution in [2.45, 2.75) is 0 Å². The summed E-state index contributed by atoms with van der Waals surface area (Å²) in [6.45, 7) is 0. The first-order chi connectivity index (χ1) is 3.39. The number of nitrogens with one attached hydrogen (secondary N) is 1. The Labute approximate surface area is 39.2 Å². The molecule has 1 N–H and O–H groups in total. The van der Waals surface area contributed by atoms with Crippen LogP contribution in [0.15, 0.2) is 11.0 Å². The Morgan fingerprint density at radius 3 is 3.00 bits per heavy atom. The molecule has 0 fully saturated rings. The first-order valence-corrected chi connectivity index (χ1v) is 1.67. The van der Waals surface area contributed by atoms with Crippen LogP contribution in [0.2, 0.25) is 0 Å². The topological polar surface area (TPSA) is 58.6 Å². The summed E-state index contributed by atoms with van der Waals surface area (Å²) in [5.74, 6) is 0. The largest absolute Gasteiger partial charge is 0.364 e. The van der Waals surface area contributed by atoms with Gasteiger partial charge in [-0.25, -0.2) is 4.79 Å². The van der Waals surface area contributed by atoms with Crippen LogP contribution in [0.5, 0.6) is 0 Å². The van der Waals surface area contributed by atoms with E-state index >= 15 is 0 Å². The molecule has 0 aliphatic carbocycles. The molecule has 0 unspecified atom stereocenters. The second-order valence-corrected chi connectivity index (χ2v) is 0.919. The maximum Gasteiger partial charge on any atom is 0.364 e. The Morgan fingerprint density at radius 2 is 2.71 bits per heavy atom. The minimum absolute atomic E-state index is 0.470. The van der Waals surface area contributed by atoms with Gasteiger partial charge in [0.15, 0.2) is 0 Å². The van der Waals surface area contributed by atoms with Crippen LogP contribution in [-0.2, 0) is 0 Å². The van der Waals surface area contributed by atoms with Crippen molar-refractivity contribution in [1.29, 1.82) is 0 Å². The van der Waals surface area contributed by atoms with E-state index in [9.17, 15) is 4.79 Å². The minimum atomic E-state index is -0.470.